The number of hydrogen-bond donors (Lipinski definition) is 3. The maximum absolute atomic E-state index is 12.2. The smallest absolute Gasteiger partial charge is 0.273 e. The third kappa shape index (κ3) is 3.18. The number of carbonyl (C=O) groups is 1. The van der Waals surface area contributed by atoms with Crippen molar-refractivity contribution in [2.45, 2.75) is 50.5 Å². The number of primary sulfonamides is 1. The lowest BCUT2D eigenvalue weighted by Crippen LogP contribution is -2.38. The van der Waals surface area contributed by atoms with Crippen LogP contribution in [0.15, 0.2) is 4.90 Å². The number of H-pyrrole nitrogens is 1. The van der Waals surface area contributed by atoms with Crippen LogP contribution in [0.1, 0.15) is 48.8 Å². The molecular weight excluding hydrogens is 280 g/mol. The molecule has 1 fully saturated rings. The van der Waals surface area contributed by atoms with E-state index < -0.39 is 15.9 Å². The minimum Gasteiger partial charge on any atom is -0.348 e. The molecule has 1 amide bonds. The Morgan fingerprint density at radius 2 is 1.95 bits per heavy atom. The second-order valence-electron chi connectivity index (χ2n) is 5.50. The van der Waals surface area contributed by atoms with Gasteiger partial charge in [0.2, 0.25) is 10.0 Å². The summed E-state index contributed by atoms with van der Waals surface area (Å²) in [5.41, 5.74) is 0.124. The molecule has 7 nitrogen and oxygen atoms in total. The molecule has 1 aliphatic carbocycles. The Hall–Kier alpha value is -1.41. The summed E-state index contributed by atoms with van der Waals surface area (Å²) in [7, 11) is -3.97. The van der Waals surface area contributed by atoms with Gasteiger partial charge in [0.05, 0.1) is 5.69 Å². The number of rotatable bonds is 3. The van der Waals surface area contributed by atoms with Gasteiger partial charge in [-0.15, -0.1) is 0 Å². The fraction of sp³-hybridized carbons (Fsp3) is 0.667. The van der Waals surface area contributed by atoms with Crippen LogP contribution < -0.4 is 10.5 Å². The van der Waals surface area contributed by atoms with Gasteiger partial charge in [-0.1, -0.05) is 6.92 Å². The minimum absolute atomic E-state index is 0.0732. The first-order valence-electron chi connectivity index (χ1n) is 6.67. The number of aryl methyl sites for hydroxylation is 1. The molecule has 1 aromatic heterocycles. The average Bonchev–Trinajstić information content (AvgIpc) is 2.74. The molecule has 1 aliphatic rings. The van der Waals surface area contributed by atoms with Crippen molar-refractivity contribution in [1.82, 2.24) is 15.5 Å². The number of nitrogens with two attached hydrogens (primary N) is 1. The Kier molecular flexibility index (Phi) is 4.14. The standard InChI is InChI=1S/C12H20N4O3S/c1-7-3-5-9(6-4-7)14-12(17)10-11(20(13,18)19)8(2)15-16-10/h7,9H,3-6H2,1-2H3,(H,14,17)(H,15,16)(H2,13,18,19). The van der Waals surface area contributed by atoms with Crippen molar-refractivity contribution < 1.29 is 13.2 Å². The van der Waals surface area contributed by atoms with Gasteiger partial charge >= 0.3 is 0 Å². The number of aromatic nitrogens is 2. The van der Waals surface area contributed by atoms with Crippen molar-refractivity contribution in [1.29, 1.82) is 0 Å². The van der Waals surface area contributed by atoms with Crippen molar-refractivity contribution in [2.24, 2.45) is 11.1 Å². The van der Waals surface area contributed by atoms with Crippen molar-refractivity contribution in [3.05, 3.63) is 11.4 Å². The normalized spacial score (nSPS) is 23.6. The lowest BCUT2D eigenvalue weighted by Gasteiger charge is -2.26. The highest BCUT2D eigenvalue weighted by Gasteiger charge is 2.28. The zero-order valence-corrected chi connectivity index (χ0v) is 12.5. The van der Waals surface area contributed by atoms with Crippen molar-refractivity contribution in [2.75, 3.05) is 0 Å². The third-order valence-corrected chi connectivity index (χ3v) is 4.81. The molecule has 20 heavy (non-hydrogen) atoms. The van der Waals surface area contributed by atoms with Crippen LogP contribution in [0.25, 0.3) is 0 Å². The third-order valence-electron chi connectivity index (χ3n) is 3.74. The van der Waals surface area contributed by atoms with Gasteiger partial charge < -0.3 is 5.32 Å². The molecule has 0 saturated heterocycles. The number of nitrogens with one attached hydrogen (secondary N) is 2. The van der Waals surface area contributed by atoms with Gasteiger partial charge in [0.1, 0.15) is 4.90 Å². The Bertz CT molecular complexity index is 600. The predicted octanol–water partition coefficient (Wildman–Crippen LogP) is 0.674. The van der Waals surface area contributed by atoms with Crippen LogP contribution in [-0.2, 0) is 10.0 Å². The number of amides is 1. The van der Waals surface area contributed by atoms with Gasteiger partial charge in [-0.3, -0.25) is 9.89 Å². The van der Waals surface area contributed by atoms with Crippen LogP contribution in [0.4, 0.5) is 0 Å². The number of aromatic amines is 1. The summed E-state index contributed by atoms with van der Waals surface area (Å²) in [5.74, 6) is 0.189. The summed E-state index contributed by atoms with van der Waals surface area (Å²) in [6.45, 7) is 3.71. The molecule has 0 aromatic carbocycles. The molecule has 0 spiro atoms. The van der Waals surface area contributed by atoms with E-state index in [1.807, 2.05) is 0 Å². The fourth-order valence-corrected chi connectivity index (χ4v) is 3.46. The molecule has 1 saturated carbocycles. The number of nitrogens with zero attached hydrogens (tertiary/aromatic N) is 1. The topological polar surface area (TPSA) is 118 Å². The maximum Gasteiger partial charge on any atom is 0.273 e. The summed E-state index contributed by atoms with van der Waals surface area (Å²) >= 11 is 0. The summed E-state index contributed by atoms with van der Waals surface area (Å²) in [4.78, 5) is 11.9. The van der Waals surface area contributed by atoms with Gasteiger partial charge in [-0.05, 0) is 38.5 Å². The van der Waals surface area contributed by atoms with E-state index in [1.54, 1.807) is 0 Å². The molecular formula is C12H20N4O3S. The van der Waals surface area contributed by atoms with E-state index in [1.165, 1.54) is 6.92 Å². The van der Waals surface area contributed by atoms with E-state index in [4.69, 9.17) is 5.14 Å². The molecule has 0 atom stereocenters. The van der Waals surface area contributed by atoms with Crippen molar-refractivity contribution in [3.63, 3.8) is 0 Å². The fourth-order valence-electron chi connectivity index (χ4n) is 2.58. The minimum atomic E-state index is -3.97. The molecule has 112 valence electrons. The monoisotopic (exact) mass is 300 g/mol. The second-order valence-corrected chi connectivity index (χ2v) is 7.00. The van der Waals surface area contributed by atoms with Crippen LogP contribution in [-0.4, -0.2) is 30.6 Å². The van der Waals surface area contributed by atoms with Gasteiger partial charge in [-0.2, -0.15) is 5.10 Å². The molecule has 8 heteroatoms. The first-order chi connectivity index (χ1) is 9.29. The summed E-state index contributed by atoms with van der Waals surface area (Å²) in [6.07, 6.45) is 3.93. The van der Waals surface area contributed by atoms with E-state index in [-0.39, 0.29) is 22.3 Å². The van der Waals surface area contributed by atoms with E-state index in [9.17, 15) is 13.2 Å². The largest absolute Gasteiger partial charge is 0.348 e. The Balaban J connectivity index is 2.14. The van der Waals surface area contributed by atoms with Crippen LogP contribution in [0.3, 0.4) is 0 Å². The first-order valence-corrected chi connectivity index (χ1v) is 8.22. The zero-order chi connectivity index (χ0) is 14.9. The maximum atomic E-state index is 12.2. The van der Waals surface area contributed by atoms with E-state index in [2.05, 4.69) is 22.4 Å². The molecule has 1 aromatic rings. The molecule has 0 radical (unpaired) electrons. The highest BCUT2D eigenvalue weighted by Crippen LogP contribution is 2.24. The Morgan fingerprint density at radius 1 is 1.35 bits per heavy atom. The van der Waals surface area contributed by atoms with E-state index in [0.29, 0.717) is 5.92 Å². The van der Waals surface area contributed by atoms with E-state index >= 15 is 0 Å². The molecule has 0 aliphatic heterocycles. The number of hydrogen-bond acceptors (Lipinski definition) is 4. The lowest BCUT2D eigenvalue weighted by molar-refractivity contribution is 0.0914. The summed E-state index contributed by atoms with van der Waals surface area (Å²) in [6, 6.07) is 0.0732. The van der Waals surface area contributed by atoms with Crippen LogP contribution in [0, 0.1) is 12.8 Å². The second kappa shape index (κ2) is 5.53. The molecule has 0 bridgehead atoms. The molecule has 2 rings (SSSR count). The summed E-state index contributed by atoms with van der Waals surface area (Å²) < 4.78 is 23.0. The van der Waals surface area contributed by atoms with Gasteiger partial charge in [-0.25, -0.2) is 13.6 Å². The number of carbonyl (C=O) groups excluding carboxylic acids is 1. The average molecular weight is 300 g/mol. The first kappa shape index (κ1) is 15.0. The predicted molar refractivity (Wildman–Crippen MR) is 73.6 cm³/mol. The molecule has 1 heterocycles. The Morgan fingerprint density at radius 3 is 2.50 bits per heavy atom. The SMILES string of the molecule is Cc1[nH]nc(C(=O)NC2CCC(C)CC2)c1S(N)(=O)=O. The van der Waals surface area contributed by atoms with Crippen LogP contribution in [0.2, 0.25) is 0 Å². The highest BCUT2D eigenvalue weighted by molar-refractivity contribution is 7.89. The number of sulfonamides is 1. The molecule has 4 N–H and O–H groups in total. The van der Waals surface area contributed by atoms with Crippen LogP contribution in [0.5, 0.6) is 0 Å². The van der Waals surface area contributed by atoms with Gasteiger partial charge in [0.25, 0.3) is 5.91 Å². The summed E-state index contributed by atoms with van der Waals surface area (Å²) in [5, 5.41) is 14.2. The van der Waals surface area contributed by atoms with Gasteiger partial charge in [0, 0.05) is 6.04 Å². The zero-order valence-electron chi connectivity index (χ0n) is 11.6. The van der Waals surface area contributed by atoms with E-state index in [0.717, 1.165) is 25.7 Å². The highest BCUT2D eigenvalue weighted by atomic mass is 32.2. The molecule has 0 unspecified atom stereocenters. The lowest BCUT2D eigenvalue weighted by atomic mass is 9.87. The van der Waals surface area contributed by atoms with Gasteiger partial charge in [0.15, 0.2) is 5.69 Å². The van der Waals surface area contributed by atoms with Crippen molar-refractivity contribution in [3.8, 4) is 0 Å². The van der Waals surface area contributed by atoms with Crippen LogP contribution >= 0.6 is 0 Å². The quantitative estimate of drug-likeness (QED) is 0.760. The Labute approximate surface area is 118 Å². The van der Waals surface area contributed by atoms with Crippen molar-refractivity contribution >= 4 is 15.9 Å².